The molecule has 4 nitrogen and oxygen atoms in total. The Labute approximate surface area is 117 Å². The van der Waals surface area contributed by atoms with Crippen molar-refractivity contribution in [3.05, 3.63) is 53.8 Å². The lowest BCUT2D eigenvalue weighted by atomic mass is 9.96. The monoisotopic (exact) mass is 269 g/mol. The van der Waals surface area contributed by atoms with Gasteiger partial charge < -0.3 is 9.64 Å². The second kappa shape index (κ2) is 4.96. The van der Waals surface area contributed by atoms with E-state index in [0.29, 0.717) is 13.0 Å². The van der Waals surface area contributed by atoms with E-state index in [-0.39, 0.29) is 11.7 Å². The topological polar surface area (TPSA) is 46.6 Å². The van der Waals surface area contributed by atoms with Crippen LogP contribution in [0, 0.1) is 5.92 Å². The van der Waals surface area contributed by atoms with E-state index in [1.54, 1.807) is 12.0 Å². The molecule has 4 heteroatoms. The third-order valence-electron chi connectivity index (χ3n) is 3.72. The fraction of sp³-hybridized carbons (Fsp3) is 0.250. The summed E-state index contributed by atoms with van der Waals surface area (Å²) in [5.41, 5.74) is 1.79. The summed E-state index contributed by atoms with van der Waals surface area (Å²) in [6.45, 7) is 0.421. The fourth-order valence-electron chi connectivity index (χ4n) is 2.61. The maximum atomic E-state index is 12.1. The largest absolute Gasteiger partial charge is 0.497 e. The van der Waals surface area contributed by atoms with Gasteiger partial charge in [0.2, 0.25) is 5.78 Å². The zero-order valence-electron chi connectivity index (χ0n) is 11.2. The van der Waals surface area contributed by atoms with E-state index in [1.165, 1.54) is 0 Å². The SMILES string of the molecule is COc1ccc(CN2C(=O)C(=O)C3CC=CC=C32)cc1. The number of ketones is 1. The van der Waals surface area contributed by atoms with Gasteiger partial charge in [0.05, 0.1) is 19.6 Å². The number of hydrogen-bond acceptors (Lipinski definition) is 3. The van der Waals surface area contributed by atoms with Gasteiger partial charge in [-0.2, -0.15) is 0 Å². The van der Waals surface area contributed by atoms with Gasteiger partial charge in [-0.3, -0.25) is 9.59 Å². The minimum Gasteiger partial charge on any atom is -0.497 e. The predicted octanol–water partition coefficient (Wildman–Crippen LogP) is 2.07. The summed E-state index contributed by atoms with van der Waals surface area (Å²) in [6.07, 6.45) is 6.31. The summed E-state index contributed by atoms with van der Waals surface area (Å²) in [6, 6.07) is 7.51. The second-order valence-electron chi connectivity index (χ2n) is 4.91. The predicted molar refractivity (Wildman–Crippen MR) is 73.9 cm³/mol. The normalized spacial score (nSPS) is 20.9. The highest BCUT2D eigenvalue weighted by Gasteiger charge is 2.42. The van der Waals surface area contributed by atoms with E-state index in [4.69, 9.17) is 4.74 Å². The third-order valence-corrected chi connectivity index (χ3v) is 3.72. The lowest BCUT2D eigenvalue weighted by Gasteiger charge is -2.20. The summed E-state index contributed by atoms with van der Waals surface area (Å²) in [5, 5.41) is 0. The Kier molecular flexibility index (Phi) is 3.14. The lowest BCUT2D eigenvalue weighted by molar-refractivity contribution is -0.140. The van der Waals surface area contributed by atoms with E-state index in [1.807, 2.05) is 42.5 Å². The summed E-state index contributed by atoms with van der Waals surface area (Å²) in [4.78, 5) is 25.6. The first kappa shape index (κ1) is 12.7. The first-order valence-corrected chi connectivity index (χ1v) is 6.56. The average molecular weight is 269 g/mol. The van der Waals surface area contributed by atoms with E-state index in [9.17, 15) is 9.59 Å². The van der Waals surface area contributed by atoms with Crippen molar-refractivity contribution in [2.24, 2.45) is 5.92 Å². The van der Waals surface area contributed by atoms with Crippen molar-refractivity contribution >= 4 is 11.7 Å². The molecule has 0 saturated carbocycles. The number of rotatable bonds is 3. The zero-order valence-corrected chi connectivity index (χ0v) is 11.2. The number of carbonyl (C=O) groups is 2. The molecule has 1 aliphatic heterocycles. The van der Waals surface area contributed by atoms with Crippen LogP contribution in [0.5, 0.6) is 5.75 Å². The first-order valence-electron chi connectivity index (χ1n) is 6.56. The summed E-state index contributed by atoms with van der Waals surface area (Å²) in [5.74, 6) is -0.212. The first-order chi connectivity index (χ1) is 9.70. The molecule has 1 aromatic rings. The Morgan fingerprint density at radius 3 is 2.70 bits per heavy atom. The molecule has 1 saturated heterocycles. The molecule has 0 bridgehead atoms. The van der Waals surface area contributed by atoms with Crippen LogP contribution >= 0.6 is 0 Å². The summed E-state index contributed by atoms with van der Waals surface area (Å²) >= 11 is 0. The standard InChI is InChI=1S/C16H15NO3/c1-20-12-8-6-11(7-9-12)10-17-14-5-3-2-4-13(14)15(18)16(17)19/h2-3,5-9,13H,4,10H2,1H3. The molecule has 20 heavy (non-hydrogen) atoms. The van der Waals surface area contributed by atoms with Crippen LogP contribution in [0.1, 0.15) is 12.0 Å². The number of likely N-dealkylation sites (tertiary alicyclic amines) is 1. The van der Waals surface area contributed by atoms with Crippen LogP contribution in [-0.2, 0) is 16.1 Å². The summed E-state index contributed by atoms with van der Waals surface area (Å²) in [7, 11) is 1.61. The molecule has 102 valence electrons. The number of fused-ring (bicyclic) bond motifs is 1. The molecule has 0 aromatic heterocycles. The maximum Gasteiger partial charge on any atom is 0.295 e. The van der Waals surface area contributed by atoms with E-state index in [0.717, 1.165) is 17.0 Å². The number of allylic oxidation sites excluding steroid dienone is 4. The number of carbonyl (C=O) groups excluding carboxylic acids is 2. The van der Waals surface area contributed by atoms with Crippen LogP contribution < -0.4 is 4.74 Å². The van der Waals surface area contributed by atoms with Crippen molar-refractivity contribution in [1.82, 2.24) is 4.90 Å². The molecule has 0 radical (unpaired) electrons. The number of benzene rings is 1. The van der Waals surface area contributed by atoms with Crippen LogP contribution in [0.15, 0.2) is 48.2 Å². The molecule has 1 heterocycles. The van der Waals surface area contributed by atoms with E-state index in [2.05, 4.69) is 0 Å². The van der Waals surface area contributed by atoms with Gasteiger partial charge in [-0.05, 0) is 30.2 Å². The van der Waals surface area contributed by atoms with E-state index < -0.39 is 5.91 Å². The molecule has 3 rings (SSSR count). The number of nitrogens with zero attached hydrogens (tertiary/aromatic N) is 1. The Morgan fingerprint density at radius 2 is 2.00 bits per heavy atom. The van der Waals surface area contributed by atoms with Gasteiger partial charge in [0.25, 0.3) is 5.91 Å². The van der Waals surface area contributed by atoms with Crippen molar-refractivity contribution < 1.29 is 14.3 Å². The van der Waals surface area contributed by atoms with Gasteiger partial charge in [-0.1, -0.05) is 24.3 Å². The molecule has 1 aliphatic carbocycles. The van der Waals surface area contributed by atoms with Crippen molar-refractivity contribution in [2.45, 2.75) is 13.0 Å². The second-order valence-corrected chi connectivity index (χ2v) is 4.91. The van der Waals surface area contributed by atoms with Gasteiger partial charge >= 0.3 is 0 Å². The molecule has 1 fully saturated rings. The molecule has 2 aliphatic rings. The van der Waals surface area contributed by atoms with Gasteiger partial charge in [-0.15, -0.1) is 0 Å². The average Bonchev–Trinajstić information content (AvgIpc) is 2.74. The Morgan fingerprint density at radius 1 is 1.25 bits per heavy atom. The van der Waals surface area contributed by atoms with Crippen LogP contribution in [-0.4, -0.2) is 23.7 Å². The van der Waals surface area contributed by atoms with E-state index >= 15 is 0 Å². The quantitative estimate of drug-likeness (QED) is 0.789. The molecule has 1 unspecified atom stereocenters. The highest BCUT2D eigenvalue weighted by atomic mass is 16.5. The van der Waals surface area contributed by atoms with Gasteiger partial charge in [0.15, 0.2) is 0 Å². The van der Waals surface area contributed by atoms with Gasteiger partial charge in [-0.25, -0.2) is 0 Å². The molecular weight excluding hydrogens is 254 g/mol. The minimum absolute atomic E-state index is 0.286. The molecule has 1 amide bonds. The molecule has 1 atom stereocenters. The lowest BCUT2D eigenvalue weighted by Crippen LogP contribution is -2.25. The zero-order chi connectivity index (χ0) is 14.1. The molecule has 0 spiro atoms. The van der Waals surface area contributed by atoms with Crippen molar-refractivity contribution in [3.8, 4) is 5.75 Å². The van der Waals surface area contributed by atoms with Crippen molar-refractivity contribution in [1.29, 1.82) is 0 Å². The minimum atomic E-state index is -0.402. The third kappa shape index (κ3) is 2.03. The molecule has 1 aromatic carbocycles. The number of ether oxygens (including phenoxy) is 1. The number of hydrogen-bond donors (Lipinski definition) is 0. The smallest absolute Gasteiger partial charge is 0.295 e. The van der Waals surface area contributed by atoms with Crippen LogP contribution in [0.2, 0.25) is 0 Å². The Balaban J connectivity index is 1.85. The highest BCUT2D eigenvalue weighted by molar-refractivity contribution is 6.40. The number of Topliss-reactive ketones (excluding diaryl/α,β-unsaturated/α-hetero) is 1. The van der Waals surface area contributed by atoms with Crippen molar-refractivity contribution in [2.75, 3.05) is 7.11 Å². The Hall–Kier alpha value is -2.36. The van der Waals surface area contributed by atoms with Gasteiger partial charge in [0.1, 0.15) is 5.75 Å². The molecule has 0 N–H and O–H groups in total. The number of amides is 1. The maximum absolute atomic E-state index is 12.1. The van der Waals surface area contributed by atoms with Gasteiger partial charge in [0, 0.05) is 5.70 Å². The van der Waals surface area contributed by atoms with Crippen LogP contribution in [0.3, 0.4) is 0 Å². The van der Waals surface area contributed by atoms with Crippen LogP contribution in [0.4, 0.5) is 0 Å². The van der Waals surface area contributed by atoms with Crippen LogP contribution in [0.25, 0.3) is 0 Å². The highest BCUT2D eigenvalue weighted by Crippen LogP contribution is 2.33. The Bertz CT molecular complexity index is 613. The molecular formula is C16H15NO3. The van der Waals surface area contributed by atoms with Crippen molar-refractivity contribution in [3.63, 3.8) is 0 Å². The fourth-order valence-corrected chi connectivity index (χ4v) is 2.61. The summed E-state index contributed by atoms with van der Waals surface area (Å²) < 4.78 is 5.11. The number of methoxy groups -OCH3 is 1.